The highest BCUT2D eigenvalue weighted by atomic mass is 16.2. The minimum absolute atomic E-state index is 0.0393. The predicted molar refractivity (Wildman–Crippen MR) is 86.4 cm³/mol. The van der Waals surface area contributed by atoms with Gasteiger partial charge in [-0.15, -0.1) is 0 Å². The van der Waals surface area contributed by atoms with Crippen LogP contribution in [-0.2, 0) is 6.54 Å². The van der Waals surface area contributed by atoms with Crippen molar-refractivity contribution in [1.82, 2.24) is 19.5 Å². The maximum atomic E-state index is 12.5. The van der Waals surface area contributed by atoms with E-state index in [9.17, 15) is 9.59 Å². The van der Waals surface area contributed by atoms with Gasteiger partial charge in [0.15, 0.2) is 0 Å². The van der Waals surface area contributed by atoms with Crippen molar-refractivity contribution in [3.63, 3.8) is 0 Å². The van der Waals surface area contributed by atoms with Gasteiger partial charge in [-0.05, 0) is 38.1 Å². The Morgan fingerprint density at radius 3 is 2.83 bits per heavy atom. The Balaban J connectivity index is 2.07. The molecule has 0 aliphatic carbocycles. The first-order valence-electron chi connectivity index (χ1n) is 7.19. The first kappa shape index (κ1) is 14.8. The zero-order chi connectivity index (χ0) is 16.4. The molecule has 0 bridgehead atoms. The second-order valence-electron chi connectivity index (χ2n) is 5.00. The number of hydrogen-bond donors (Lipinski definition) is 1. The fraction of sp³-hybridized carbons (Fsp3) is 0.188. The van der Waals surface area contributed by atoms with Crippen LogP contribution in [0.5, 0.6) is 0 Å². The normalized spacial score (nSPS) is 10.7. The molecule has 7 heteroatoms. The lowest BCUT2D eigenvalue weighted by Crippen LogP contribution is -2.29. The summed E-state index contributed by atoms with van der Waals surface area (Å²) in [6.45, 7) is 4.05. The average molecular weight is 309 g/mol. The highest BCUT2D eigenvalue weighted by molar-refractivity contribution is 6.04. The molecule has 3 aromatic rings. The van der Waals surface area contributed by atoms with Crippen LogP contribution in [0.3, 0.4) is 0 Å². The number of pyridine rings is 2. The summed E-state index contributed by atoms with van der Waals surface area (Å²) < 4.78 is 1.47. The van der Waals surface area contributed by atoms with Gasteiger partial charge in [0.05, 0.1) is 0 Å². The van der Waals surface area contributed by atoms with Gasteiger partial charge in [0.1, 0.15) is 11.2 Å². The van der Waals surface area contributed by atoms with Gasteiger partial charge >= 0.3 is 0 Å². The zero-order valence-corrected chi connectivity index (χ0v) is 12.8. The molecule has 23 heavy (non-hydrogen) atoms. The fourth-order valence-electron chi connectivity index (χ4n) is 2.34. The molecule has 1 amide bonds. The summed E-state index contributed by atoms with van der Waals surface area (Å²) in [5.74, 6) is -0.364. The summed E-state index contributed by atoms with van der Waals surface area (Å²) in [7, 11) is 0. The molecule has 0 fully saturated rings. The fourth-order valence-corrected chi connectivity index (χ4v) is 2.34. The van der Waals surface area contributed by atoms with Crippen molar-refractivity contribution in [3.05, 3.63) is 58.3 Å². The van der Waals surface area contributed by atoms with Gasteiger partial charge in [0.2, 0.25) is 5.95 Å². The summed E-state index contributed by atoms with van der Waals surface area (Å²) in [5.41, 5.74) is 0.939. The van der Waals surface area contributed by atoms with E-state index in [0.29, 0.717) is 12.2 Å². The number of anilines is 1. The van der Waals surface area contributed by atoms with E-state index in [-0.39, 0.29) is 17.1 Å². The van der Waals surface area contributed by atoms with Gasteiger partial charge in [-0.3, -0.25) is 19.5 Å². The van der Waals surface area contributed by atoms with Crippen LogP contribution in [0.4, 0.5) is 5.95 Å². The molecular weight excluding hydrogens is 294 g/mol. The van der Waals surface area contributed by atoms with Crippen molar-refractivity contribution < 1.29 is 4.79 Å². The van der Waals surface area contributed by atoms with Crippen molar-refractivity contribution in [1.29, 1.82) is 0 Å². The van der Waals surface area contributed by atoms with E-state index in [2.05, 4.69) is 20.3 Å². The van der Waals surface area contributed by atoms with Crippen LogP contribution in [-0.4, -0.2) is 25.4 Å². The molecule has 3 aromatic heterocycles. The van der Waals surface area contributed by atoms with E-state index in [1.54, 1.807) is 37.5 Å². The first-order chi connectivity index (χ1) is 11.1. The van der Waals surface area contributed by atoms with Gasteiger partial charge in [0.25, 0.3) is 11.5 Å². The van der Waals surface area contributed by atoms with Crippen molar-refractivity contribution in [2.24, 2.45) is 0 Å². The molecule has 0 aliphatic heterocycles. The maximum absolute atomic E-state index is 12.5. The number of nitrogens with zero attached hydrogens (tertiary/aromatic N) is 4. The number of nitrogens with one attached hydrogen (secondary N) is 1. The van der Waals surface area contributed by atoms with Crippen LogP contribution >= 0.6 is 0 Å². The highest BCUT2D eigenvalue weighted by Gasteiger charge is 2.16. The highest BCUT2D eigenvalue weighted by Crippen LogP contribution is 2.11. The smallest absolute Gasteiger partial charge is 0.265 e. The van der Waals surface area contributed by atoms with Crippen LogP contribution in [0.25, 0.3) is 11.0 Å². The second kappa shape index (κ2) is 5.96. The Kier molecular flexibility index (Phi) is 3.84. The first-order valence-corrected chi connectivity index (χ1v) is 7.19. The van der Waals surface area contributed by atoms with Crippen molar-refractivity contribution in [3.8, 4) is 0 Å². The van der Waals surface area contributed by atoms with Crippen LogP contribution < -0.4 is 10.9 Å². The third-order valence-corrected chi connectivity index (χ3v) is 3.43. The minimum Gasteiger partial charge on any atom is -0.292 e. The quantitative estimate of drug-likeness (QED) is 0.796. The lowest BCUT2D eigenvalue weighted by atomic mass is 10.2. The molecule has 0 radical (unpaired) electrons. The van der Waals surface area contributed by atoms with Crippen molar-refractivity contribution in [2.75, 3.05) is 5.32 Å². The Bertz CT molecular complexity index is 949. The summed E-state index contributed by atoms with van der Waals surface area (Å²) in [5, 5.41) is 3.29. The van der Waals surface area contributed by atoms with Gasteiger partial charge in [-0.2, -0.15) is 0 Å². The summed E-state index contributed by atoms with van der Waals surface area (Å²) >= 11 is 0. The lowest BCUT2D eigenvalue weighted by Gasteiger charge is -2.10. The Hall–Kier alpha value is -3.09. The van der Waals surface area contributed by atoms with Crippen LogP contribution in [0.15, 0.2) is 41.5 Å². The largest absolute Gasteiger partial charge is 0.292 e. The van der Waals surface area contributed by atoms with E-state index >= 15 is 0 Å². The minimum atomic E-state index is -0.534. The monoisotopic (exact) mass is 309 g/mol. The van der Waals surface area contributed by atoms with Gasteiger partial charge < -0.3 is 0 Å². The summed E-state index contributed by atoms with van der Waals surface area (Å²) in [4.78, 5) is 37.3. The molecule has 7 nitrogen and oxygen atoms in total. The third-order valence-electron chi connectivity index (χ3n) is 3.43. The predicted octanol–water partition coefficient (Wildman–Crippen LogP) is 1.77. The number of rotatable bonds is 3. The zero-order valence-electron chi connectivity index (χ0n) is 12.8. The standard InChI is InChI=1S/C16H15N5O2/c1-3-21-13-11(5-4-7-17-13)9-12(15(21)23)14(22)20-16-18-8-6-10(2)19-16/h4-9H,3H2,1-2H3,(H,18,19,20,22). The van der Waals surface area contributed by atoms with E-state index < -0.39 is 5.91 Å². The SMILES string of the molecule is CCn1c(=O)c(C(=O)Nc2nccc(C)n2)cc2cccnc21. The molecule has 3 heterocycles. The number of carbonyl (C=O) groups is 1. The molecule has 0 saturated carbocycles. The summed E-state index contributed by atoms with van der Waals surface area (Å²) in [6.07, 6.45) is 3.17. The number of aromatic nitrogens is 4. The molecule has 0 aromatic carbocycles. The van der Waals surface area contributed by atoms with Gasteiger partial charge in [-0.1, -0.05) is 0 Å². The molecule has 0 atom stereocenters. The maximum Gasteiger partial charge on any atom is 0.265 e. The average Bonchev–Trinajstić information content (AvgIpc) is 2.54. The van der Waals surface area contributed by atoms with E-state index in [1.165, 1.54) is 4.57 Å². The molecule has 0 aliphatic rings. The van der Waals surface area contributed by atoms with E-state index in [4.69, 9.17) is 0 Å². The topological polar surface area (TPSA) is 89.8 Å². The van der Waals surface area contributed by atoms with Gasteiger partial charge in [-0.25, -0.2) is 15.0 Å². The third kappa shape index (κ3) is 2.80. The van der Waals surface area contributed by atoms with E-state index in [1.807, 2.05) is 13.0 Å². The molecule has 3 rings (SSSR count). The van der Waals surface area contributed by atoms with Crippen molar-refractivity contribution in [2.45, 2.75) is 20.4 Å². The molecule has 0 spiro atoms. The van der Waals surface area contributed by atoms with Crippen LogP contribution in [0.1, 0.15) is 23.0 Å². The molecular formula is C16H15N5O2. The number of amides is 1. The Morgan fingerprint density at radius 1 is 1.26 bits per heavy atom. The summed E-state index contributed by atoms with van der Waals surface area (Å²) in [6, 6.07) is 6.84. The molecule has 0 unspecified atom stereocenters. The number of carbonyl (C=O) groups excluding carboxylic acids is 1. The van der Waals surface area contributed by atoms with E-state index in [0.717, 1.165) is 11.1 Å². The Labute approximate surface area is 132 Å². The second-order valence-corrected chi connectivity index (χ2v) is 5.00. The number of aryl methyl sites for hydroxylation is 2. The van der Waals surface area contributed by atoms with Crippen LogP contribution in [0.2, 0.25) is 0 Å². The Morgan fingerprint density at radius 2 is 2.09 bits per heavy atom. The lowest BCUT2D eigenvalue weighted by molar-refractivity contribution is 0.102. The van der Waals surface area contributed by atoms with Crippen molar-refractivity contribution >= 4 is 22.9 Å². The number of fused-ring (bicyclic) bond motifs is 1. The molecule has 1 N–H and O–H groups in total. The van der Waals surface area contributed by atoms with Gasteiger partial charge in [0, 0.05) is 30.0 Å². The van der Waals surface area contributed by atoms with Crippen LogP contribution in [0, 0.1) is 6.92 Å². The number of hydrogen-bond acceptors (Lipinski definition) is 5. The molecule has 116 valence electrons. The molecule has 0 saturated heterocycles.